The molecular weight excluding hydrogens is 346 g/mol. The summed E-state index contributed by atoms with van der Waals surface area (Å²) in [6.07, 6.45) is 3.15. The Hall–Kier alpha value is -3.28. The third-order valence-corrected chi connectivity index (χ3v) is 4.51. The molecular formula is C21H21NO5. The van der Waals surface area contributed by atoms with Gasteiger partial charge in [0, 0.05) is 5.57 Å². The van der Waals surface area contributed by atoms with Crippen molar-refractivity contribution in [1.82, 2.24) is 0 Å². The van der Waals surface area contributed by atoms with Crippen LogP contribution in [0.3, 0.4) is 0 Å². The second-order valence-corrected chi connectivity index (χ2v) is 6.07. The Balaban J connectivity index is 1.87. The van der Waals surface area contributed by atoms with E-state index >= 15 is 0 Å². The first-order valence-electron chi connectivity index (χ1n) is 8.51. The van der Waals surface area contributed by atoms with Crippen molar-refractivity contribution in [1.29, 1.82) is 0 Å². The van der Waals surface area contributed by atoms with Gasteiger partial charge in [-0.05, 0) is 54.3 Å². The first-order chi connectivity index (χ1) is 13.1. The summed E-state index contributed by atoms with van der Waals surface area (Å²) in [6, 6.07) is 10.6. The first-order valence-corrected chi connectivity index (χ1v) is 8.51. The molecule has 0 aromatic heterocycles. The number of ether oxygens (including phenoxy) is 3. The molecule has 1 N–H and O–H groups in total. The molecule has 2 aromatic carbocycles. The van der Waals surface area contributed by atoms with Gasteiger partial charge < -0.3 is 19.5 Å². The predicted octanol–water partition coefficient (Wildman–Crippen LogP) is 3.46. The Kier molecular flexibility index (Phi) is 5.45. The van der Waals surface area contributed by atoms with Crippen LogP contribution in [0.25, 0.3) is 6.08 Å². The number of anilines is 1. The van der Waals surface area contributed by atoms with E-state index in [1.807, 2.05) is 18.2 Å². The highest BCUT2D eigenvalue weighted by atomic mass is 16.5. The number of carbonyl (C=O) groups is 2. The molecule has 6 heteroatoms. The quantitative estimate of drug-likeness (QED) is 0.820. The molecule has 0 unspecified atom stereocenters. The SMILES string of the molecule is COC(=O)c1ccccc1NC(=O)C1=Cc2cc(OC)c(OC)cc2CC1. The van der Waals surface area contributed by atoms with Crippen LogP contribution in [0.15, 0.2) is 42.0 Å². The number of hydrogen-bond acceptors (Lipinski definition) is 5. The monoisotopic (exact) mass is 367 g/mol. The Morgan fingerprint density at radius 3 is 2.37 bits per heavy atom. The van der Waals surface area contributed by atoms with Gasteiger partial charge in [0.15, 0.2) is 11.5 Å². The lowest BCUT2D eigenvalue weighted by Gasteiger charge is -2.19. The minimum atomic E-state index is -0.495. The van der Waals surface area contributed by atoms with E-state index in [2.05, 4.69) is 5.32 Å². The number of rotatable bonds is 5. The Morgan fingerprint density at radius 1 is 0.963 bits per heavy atom. The lowest BCUT2D eigenvalue weighted by atomic mass is 9.91. The summed E-state index contributed by atoms with van der Waals surface area (Å²) in [5.74, 6) is 0.548. The maximum absolute atomic E-state index is 12.7. The van der Waals surface area contributed by atoms with Crippen molar-refractivity contribution < 1.29 is 23.8 Å². The van der Waals surface area contributed by atoms with Crippen LogP contribution in [0.5, 0.6) is 11.5 Å². The molecule has 0 saturated carbocycles. The summed E-state index contributed by atoms with van der Waals surface area (Å²) in [6.45, 7) is 0. The number of para-hydroxylation sites is 1. The zero-order chi connectivity index (χ0) is 19.4. The molecule has 0 atom stereocenters. The van der Waals surface area contributed by atoms with E-state index in [9.17, 15) is 9.59 Å². The number of esters is 1. The number of fused-ring (bicyclic) bond motifs is 1. The molecule has 0 spiro atoms. The van der Waals surface area contributed by atoms with E-state index in [1.165, 1.54) is 7.11 Å². The van der Waals surface area contributed by atoms with Gasteiger partial charge in [0.1, 0.15) is 0 Å². The smallest absolute Gasteiger partial charge is 0.339 e. The molecule has 0 bridgehead atoms. The standard InChI is InChI=1S/C21H21NO5/c1-25-18-11-13-8-9-14(10-15(13)12-19(18)26-2)20(23)22-17-7-5-4-6-16(17)21(24)27-3/h4-7,10-12H,8-9H2,1-3H3,(H,22,23). The molecule has 1 aliphatic rings. The van der Waals surface area contributed by atoms with E-state index in [-0.39, 0.29) is 5.91 Å². The summed E-state index contributed by atoms with van der Waals surface area (Å²) >= 11 is 0. The van der Waals surface area contributed by atoms with Crippen LogP contribution in [0.4, 0.5) is 5.69 Å². The molecule has 2 aromatic rings. The second kappa shape index (κ2) is 7.95. The van der Waals surface area contributed by atoms with Gasteiger partial charge in [-0.25, -0.2) is 4.79 Å². The van der Waals surface area contributed by atoms with Gasteiger partial charge in [-0.15, -0.1) is 0 Å². The molecule has 0 aliphatic heterocycles. The number of carbonyl (C=O) groups excluding carboxylic acids is 2. The summed E-state index contributed by atoms with van der Waals surface area (Å²) in [4.78, 5) is 24.6. The van der Waals surface area contributed by atoms with Crippen molar-refractivity contribution in [3.8, 4) is 11.5 Å². The zero-order valence-corrected chi connectivity index (χ0v) is 15.5. The van der Waals surface area contributed by atoms with Crippen molar-refractivity contribution in [2.24, 2.45) is 0 Å². The third kappa shape index (κ3) is 3.79. The average molecular weight is 367 g/mol. The fourth-order valence-corrected chi connectivity index (χ4v) is 3.08. The number of aryl methyl sites for hydroxylation is 1. The molecule has 6 nitrogen and oxygen atoms in total. The Morgan fingerprint density at radius 2 is 1.67 bits per heavy atom. The van der Waals surface area contributed by atoms with Crippen molar-refractivity contribution in [3.63, 3.8) is 0 Å². The minimum Gasteiger partial charge on any atom is -0.493 e. The van der Waals surface area contributed by atoms with Crippen LogP contribution in [0.2, 0.25) is 0 Å². The number of hydrogen-bond donors (Lipinski definition) is 1. The molecule has 3 rings (SSSR count). The normalized spacial score (nSPS) is 12.5. The van der Waals surface area contributed by atoms with E-state index in [4.69, 9.17) is 14.2 Å². The first kappa shape index (κ1) is 18.5. The van der Waals surface area contributed by atoms with E-state index in [0.29, 0.717) is 41.2 Å². The fourth-order valence-electron chi connectivity index (χ4n) is 3.08. The van der Waals surface area contributed by atoms with Crippen LogP contribution < -0.4 is 14.8 Å². The maximum atomic E-state index is 12.7. The lowest BCUT2D eigenvalue weighted by Crippen LogP contribution is -2.19. The van der Waals surface area contributed by atoms with Crippen LogP contribution >= 0.6 is 0 Å². The van der Waals surface area contributed by atoms with Gasteiger partial charge in [-0.3, -0.25) is 4.79 Å². The molecule has 27 heavy (non-hydrogen) atoms. The molecule has 0 saturated heterocycles. The molecule has 1 aliphatic carbocycles. The highest BCUT2D eigenvalue weighted by Crippen LogP contribution is 2.35. The number of amides is 1. The maximum Gasteiger partial charge on any atom is 0.339 e. The second-order valence-electron chi connectivity index (χ2n) is 6.07. The number of nitrogens with one attached hydrogen (secondary N) is 1. The van der Waals surface area contributed by atoms with Gasteiger partial charge in [0.05, 0.1) is 32.6 Å². The van der Waals surface area contributed by atoms with E-state index < -0.39 is 5.97 Å². The Labute approximate surface area is 157 Å². The van der Waals surface area contributed by atoms with Crippen LogP contribution in [-0.2, 0) is 16.0 Å². The predicted molar refractivity (Wildman–Crippen MR) is 102 cm³/mol. The molecule has 0 radical (unpaired) electrons. The van der Waals surface area contributed by atoms with Gasteiger partial charge in [-0.1, -0.05) is 12.1 Å². The topological polar surface area (TPSA) is 73.9 Å². The van der Waals surface area contributed by atoms with Crippen LogP contribution in [0, 0.1) is 0 Å². The largest absolute Gasteiger partial charge is 0.493 e. The van der Waals surface area contributed by atoms with Crippen molar-refractivity contribution >= 4 is 23.6 Å². The molecule has 0 heterocycles. The molecule has 1 amide bonds. The zero-order valence-electron chi connectivity index (χ0n) is 15.5. The van der Waals surface area contributed by atoms with Crippen LogP contribution in [-0.4, -0.2) is 33.2 Å². The summed E-state index contributed by atoms with van der Waals surface area (Å²) in [7, 11) is 4.48. The van der Waals surface area contributed by atoms with Gasteiger partial charge >= 0.3 is 5.97 Å². The average Bonchev–Trinajstić information content (AvgIpc) is 2.71. The lowest BCUT2D eigenvalue weighted by molar-refractivity contribution is -0.112. The molecule has 140 valence electrons. The highest BCUT2D eigenvalue weighted by Gasteiger charge is 2.20. The third-order valence-electron chi connectivity index (χ3n) is 4.51. The van der Waals surface area contributed by atoms with E-state index in [1.54, 1.807) is 38.5 Å². The van der Waals surface area contributed by atoms with Gasteiger partial charge in [0.25, 0.3) is 5.91 Å². The summed E-state index contributed by atoms with van der Waals surface area (Å²) < 4.78 is 15.4. The molecule has 0 fully saturated rings. The van der Waals surface area contributed by atoms with Gasteiger partial charge in [0.2, 0.25) is 0 Å². The Bertz CT molecular complexity index is 917. The number of methoxy groups -OCH3 is 3. The van der Waals surface area contributed by atoms with Crippen LogP contribution in [0.1, 0.15) is 27.9 Å². The summed E-state index contributed by atoms with van der Waals surface area (Å²) in [5, 5.41) is 2.81. The minimum absolute atomic E-state index is 0.244. The van der Waals surface area contributed by atoms with Gasteiger partial charge in [-0.2, -0.15) is 0 Å². The highest BCUT2D eigenvalue weighted by molar-refractivity contribution is 6.10. The van der Waals surface area contributed by atoms with E-state index in [0.717, 1.165) is 11.1 Å². The van der Waals surface area contributed by atoms with Crippen molar-refractivity contribution in [2.45, 2.75) is 12.8 Å². The van der Waals surface area contributed by atoms with Crippen molar-refractivity contribution in [2.75, 3.05) is 26.6 Å². The fraction of sp³-hybridized carbons (Fsp3) is 0.238. The number of benzene rings is 2. The summed E-state index contributed by atoms with van der Waals surface area (Å²) in [5.41, 5.74) is 3.39. The van der Waals surface area contributed by atoms with Crippen molar-refractivity contribution in [3.05, 3.63) is 58.7 Å².